The SMILES string of the molecule is Cl.NC1(C(=O)Nc2ccc(=O)n(Cc3ccc(Cl)c(Cl)c3)c2)CCOCC1. The summed E-state index contributed by atoms with van der Waals surface area (Å²) in [4.78, 5) is 24.6. The van der Waals surface area contributed by atoms with Crippen molar-refractivity contribution >= 4 is 47.2 Å². The number of carbonyl (C=O) groups excluding carboxylic acids is 1. The first-order valence-electron chi connectivity index (χ1n) is 8.20. The molecule has 0 aliphatic carbocycles. The average molecular weight is 433 g/mol. The highest BCUT2D eigenvalue weighted by molar-refractivity contribution is 6.42. The zero-order chi connectivity index (χ0) is 18.7. The molecule has 0 unspecified atom stereocenters. The van der Waals surface area contributed by atoms with Crippen molar-refractivity contribution in [1.29, 1.82) is 0 Å². The number of carbonyl (C=O) groups is 1. The molecule has 0 spiro atoms. The zero-order valence-corrected chi connectivity index (χ0v) is 16.7. The molecule has 9 heteroatoms. The Balaban J connectivity index is 0.00000261. The van der Waals surface area contributed by atoms with Gasteiger partial charge in [-0.3, -0.25) is 9.59 Å². The average Bonchev–Trinajstić information content (AvgIpc) is 2.61. The third-order valence-corrected chi connectivity index (χ3v) is 5.15. The molecule has 146 valence electrons. The number of benzene rings is 1. The van der Waals surface area contributed by atoms with Crippen molar-refractivity contribution in [2.45, 2.75) is 24.9 Å². The van der Waals surface area contributed by atoms with Gasteiger partial charge in [-0.25, -0.2) is 0 Å². The molecule has 1 aromatic carbocycles. The predicted molar refractivity (Wildman–Crippen MR) is 109 cm³/mol. The molecule has 1 aliphatic heterocycles. The molecule has 2 heterocycles. The van der Waals surface area contributed by atoms with Gasteiger partial charge in [-0.1, -0.05) is 29.3 Å². The number of nitrogens with two attached hydrogens (primary N) is 1. The van der Waals surface area contributed by atoms with Crippen LogP contribution in [0.25, 0.3) is 0 Å². The first-order valence-corrected chi connectivity index (χ1v) is 8.95. The number of pyridine rings is 1. The summed E-state index contributed by atoms with van der Waals surface area (Å²) in [7, 11) is 0. The maximum atomic E-state index is 12.5. The summed E-state index contributed by atoms with van der Waals surface area (Å²) in [5.41, 5.74) is 6.37. The molecular weight excluding hydrogens is 413 g/mol. The third kappa shape index (κ3) is 5.24. The molecule has 0 radical (unpaired) electrons. The minimum atomic E-state index is -0.955. The van der Waals surface area contributed by atoms with Crippen LogP contribution in [0.2, 0.25) is 10.0 Å². The molecule has 1 aromatic heterocycles. The van der Waals surface area contributed by atoms with E-state index in [2.05, 4.69) is 5.32 Å². The number of ether oxygens (including phenoxy) is 1. The van der Waals surface area contributed by atoms with Crippen LogP contribution < -0.4 is 16.6 Å². The second-order valence-corrected chi connectivity index (χ2v) is 7.17. The summed E-state index contributed by atoms with van der Waals surface area (Å²) < 4.78 is 6.75. The van der Waals surface area contributed by atoms with Gasteiger partial charge in [-0.15, -0.1) is 12.4 Å². The fraction of sp³-hybridized carbons (Fsp3) is 0.333. The van der Waals surface area contributed by atoms with Crippen LogP contribution in [0.1, 0.15) is 18.4 Å². The van der Waals surface area contributed by atoms with Gasteiger partial charge in [0.15, 0.2) is 0 Å². The highest BCUT2D eigenvalue weighted by Gasteiger charge is 2.35. The number of halogens is 3. The van der Waals surface area contributed by atoms with Crippen LogP contribution in [0.3, 0.4) is 0 Å². The third-order valence-electron chi connectivity index (χ3n) is 4.42. The van der Waals surface area contributed by atoms with Gasteiger partial charge < -0.3 is 20.4 Å². The van der Waals surface area contributed by atoms with Crippen molar-refractivity contribution in [3.05, 3.63) is 62.5 Å². The second kappa shape index (κ2) is 9.08. The van der Waals surface area contributed by atoms with E-state index in [1.807, 2.05) is 0 Å². The van der Waals surface area contributed by atoms with Crippen LogP contribution in [-0.2, 0) is 16.1 Å². The number of aromatic nitrogens is 1. The van der Waals surface area contributed by atoms with Crippen molar-refractivity contribution in [2.24, 2.45) is 5.73 Å². The van der Waals surface area contributed by atoms with E-state index < -0.39 is 5.54 Å². The number of anilines is 1. The molecular formula is C18H20Cl3N3O3. The summed E-state index contributed by atoms with van der Waals surface area (Å²) in [6.45, 7) is 1.22. The van der Waals surface area contributed by atoms with Crippen molar-refractivity contribution in [2.75, 3.05) is 18.5 Å². The van der Waals surface area contributed by atoms with Gasteiger partial charge in [0.05, 0.1) is 22.3 Å². The fourth-order valence-electron chi connectivity index (χ4n) is 2.78. The molecule has 0 bridgehead atoms. The van der Waals surface area contributed by atoms with Crippen LogP contribution in [0.4, 0.5) is 5.69 Å². The molecule has 3 N–H and O–H groups in total. The maximum Gasteiger partial charge on any atom is 0.250 e. The minimum Gasteiger partial charge on any atom is -0.381 e. The van der Waals surface area contributed by atoms with E-state index in [0.717, 1.165) is 5.56 Å². The molecule has 1 amide bonds. The molecule has 0 atom stereocenters. The van der Waals surface area contributed by atoms with E-state index >= 15 is 0 Å². The van der Waals surface area contributed by atoms with Crippen molar-refractivity contribution in [1.82, 2.24) is 4.57 Å². The topological polar surface area (TPSA) is 86.4 Å². The number of nitrogens with zero attached hydrogens (tertiary/aromatic N) is 1. The number of hydrogen-bond acceptors (Lipinski definition) is 4. The Morgan fingerprint density at radius 2 is 1.89 bits per heavy atom. The van der Waals surface area contributed by atoms with Gasteiger partial charge in [0.25, 0.3) is 5.56 Å². The lowest BCUT2D eigenvalue weighted by atomic mass is 9.90. The lowest BCUT2D eigenvalue weighted by molar-refractivity contribution is -0.124. The first kappa shape index (κ1) is 21.7. The second-order valence-electron chi connectivity index (χ2n) is 6.36. The minimum absolute atomic E-state index is 0. The quantitative estimate of drug-likeness (QED) is 0.777. The van der Waals surface area contributed by atoms with E-state index in [-0.39, 0.29) is 23.9 Å². The zero-order valence-electron chi connectivity index (χ0n) is 14.4. The van der Waals surface area contributed by atoms with Crippen LogP contribution in [0, 0.1) is 0 Å². The van der Waals surface area contributed by atoms with E-state index in [0.29, 0.717) is 48.3 Å². The van der Waals surface area contributed by atoms with Crippen molar-refractivity contribution < 1.29 is 9.53 Å². The first-order chi connectivity index (χ1) is 12.4. The standard InChI is InChI=1S/C18H19Cl2N3O3.ClH/c19-14-3-1-12(9-15(14)20)10-23-11-13(2-4-16(23)24)22-17(25)18(21)5-7-26-8-6-18;/h1-4,9,11H,5-8,10,21H2,(H,22,25);1H. The van der Waals surface area contributed by atoms with E-state index in [4.69, 9.17) is 33.7 Å². The lowest BCUT2D eigenvalue weighted by Crippen LogP contribution is -2.54. The highest BCUT2D eigenvalue weighted by Crippen LogP contribution is 2.23. The predicted octanol–water partition coefficient (Wildman–Crippen LogP) is 3.07. The van der Waals surface area contributed by atoms with Gasteiger partial charge in [-0.2, -0.15) is 0 Å². The van der Waals surface area contributed by atoms with Crippen LogP contribution >= 0.6 is 35.6 Å². The lowest BCUT2D eigenvalue weighted by Gasteiger charge is -2.31. The molecule has 1 fully saturated rings. The van der Waals surface area contributed by atoms with E-state index in [9.17, 15) is 9.59 Å². The fourth-order valence-corrected chi connectivity index (χ4v) is 3.10. The van der Waals surface area contributed by atoms with E-state index in [1.54, 1.807) is 30.5 Å². The van der Waals surface area contributed by atoms with Crippen molar-refractivity contribution in [3.63, 3.8) is 0 Å². The molecule has 27 heavy (non-hydrogen) atoms. The molecule has 1 aliphatic rings. The number of amides is 1. The molecule has 6 nitrogen and oxygen atoms in total. The monoisotopic (exact) mass is 431 g/mol. The Bertz CT molecular complexity index is 880. The number of nitrogens with one attached hydrogen (secondary N) is 1. The summed E-state index contributed by atoms with van der Waals surface area (Å²) in [5, 5.41) is 3.67. The number of hydrogen-bond donors (Lipinski definition) is 2. The summed E-state index contributed by atoms with van der Waals surface area (Å²) >= 11 is 11.9. The van der Waals surface area contributed by atoms with Gasteiger partial charge >= 0.3 is 0 Å². The summed E-state index contributed by atoms with van der Waals surface area (Å²) in [6, 6.07) is 8.15. The highest BCUT2D eigenvalue weighted by atomic mass is 35.5. The molecule has 2 aromatic rings. The van der Waals surface area contributed by atoms with Crippen molar-refractivity contribution in [3.8, 4) is 0 Å². The smallest absolute Gasteiger partial charge is 0.250 e. The summed E-state index contributed by atoms with van der Waals surface area (Å²) in [6.07, 6.45) is 2.51. The van der Waals surface area contributed by atoms with Gasteiger partial charge in [0, 0.05) is 25.5 Å². The maximum absolute atomic E-state index is 12.5. The Morgan fingerprint density at radius 3 is 2.56 bits per heavy atom. The molecule has 0 saturated carbocycles. The largest absolute Gasteiger partial charge is 0.381 e. The van der Waals surface area contributed by atoms with Gasteiger partial charge in [-0.05, 0) is 36.6 Å². The van der Waals surface area contributed by atoms with E-state index in [1.165, 1.54) is 10.6 Å². The van der Waals surface area contributed by atoms with Crippen LogP contribution in [0.5, 0.6) is 0 Å². The number of rotatable bonds is 4. The van der Waals surface area contributed by atoms with Crippen LogP contribution in [-0.4, -0.2) is 29.2 Å². The Kier molecular flexibility index (Phi) is 7.31. The normalized spacial score (nSPS) is 15.7. The molecule has 3 rings (SSSR count). The van der Waals surface area contributed by atoms with Gasteiger partial charge in [0.2, 0.25) is 5.91 Å². The Labute approximate surface area is 173 Å². The Morgan fingerprint density at radius 1 is 1.19 bits per heavy atom. The molecule has 1 saturated heterocycles. The van der Waals surface area contributed by atoms with Gasteiger partial charge in [0.1, 0.15) is 5.54 Å². The Hall–Kier alpha value is -1.57. The summed E-state index contributed by atoms with van der Waals surface area (Å²) in [5.74, 6) is -0.277. The van der Waals surface area contributed by atoms with Crippen LogP contribution in [0.15, 0.2) is 41.3 Å².